The van der Waals surface area contributed by atoms with Crippen LogP contribution in [0.4, 0.5) is 21.0 Å². The first-order valence-electron chi connectivity index (χ1n) is 9.64. The van der Waals surface area contributed by atoms with Crippen molar-refractivity contribution in [3.63, 3.8) is 0 Å². The highest BCUT2D eigenvalue weighted by atomic mass is 35.5. The summed E-state index contributed by atoms with van der Waals surface area (Å²) in [5.74, 6) is 0. The number of aryl methyl sites for hydroxylation is 1. The Morgan fingerprint density at radius 3 is 2.55 bits per heavy atom. The van der Waals surface area contributed by atoms with Crippen LogP contribution in [0.25, 0.3) is 0 Å². The zero-order chi connectivity index (χ0) is 21.0. The van der Waals surface area contributed by atoms with E-state index in [4.69, 9.17) is 16.3 Å². The Hall–Kier alpha value is -2.73. The van der Waals surface area contributed by atoms with Gasteiger partial charge in [-0.2, -0.15) is 0 Å². The number of rotatable bonds is 3. The van der Waals surface area contributed by atoms with E-state index in [2.05, 4.69) is 10.6 Å². The Kier molecular flexibility index (Phi) is 6.33. The van der Waals surface area contributed by atoms with Crippen LogP contribution in [-0.4, -0.2) is 24.3 Å². The lowest BCUT2D eigenvalue weighted by Crippen LogP contribution is -2.39. The second kappa shape index (κ2) is 8.74. The van der Waals surface area contributed by atoms with Crippen molar-refractivity contribution in [2.75, 3.05) is 16.8 Å². The normalized spacial score (nSPS) is 13.4. The van der Waals surface area contributed by atoms with E-state index in [1.165, 1.54) is 0 Å². The number of hydrogen-bond donors (Lipinski definition) is 2. The number of carbonyl (C=O) groups is 2. The summed E-state index contributed by atoms with van der Waals surface area (Å²) in [6.07, 6.45) is 1.34. The molecule has 7 heteroatoms. The van der Waals surface area contributed by atoms with Crippen molar-refractivity contribution in [3.05, 3.63) is 58.6 Å². The molecule has 0 atom stereocenters. The fourth-order valence-corrected chi connectivity index (χ4v) is 3.27. The van der Waals surface area contributed by atoms with E-state index in [-0.39, 0.29) is 12.1 Å². The predicted octanol–water partition coefficient (Wildman–Crippen LogP) is 5.35. The van der Waals surface area contributed by atoms with Crippen molar-refractivity contribution in [2.45, 2.75) is 45.8 Å². The van der Waals surface area contributed by atoms with Crippen molar-refractivity contribution < 1.29 is 14.3 Å². The van der Waals surface area contributed by atoms with Gasteiger partial charge in [0.15, 0.2) is 0 Å². The standard InChI is InChI=1S/C22H26ClN3O3/c1-22(2,3)29-21(28)26-12-4-5-16-13-18(10-11-19(16)26)25-20(27)24-14-15-6-8-17(23)9-7-15/h6-11,13H,4-5,12,14H2,1-3H3,(H2,24,25,27). The van der Waals surface area contributed by atoms with Gasteiger partial charge in [-0.15, -0.1) is 0 Å². The van der Waals surface area contributed by atoms with Crippen molar-refractivity contribution in [1.82, 2.24) is 5.32 Å². The molecule has 1 aliphatic heterocycles. The zero-order valence-corrected chi connectivity index (χ0v) is 17.7. The molecule has 29 heavy (non-hydrogen) atoms. The number of hydrogen-bond acceptors (Lipinski definition) is 3. The summed E-state index contributed by atoms with van der Waals surface area (Å²) in [5, 5.41) is 6.33. The molecule has 2 N–H and O–H groups in total. The van der Waals surface area contributed by atoms with Crippen molar-refractivity contribution in [1.29, 1.82) is 0 Å². The van der Waals surface area contributed by atoms with Crippen LogP contribution in [0.15, 0.2) is 42.5 Å². The Bertz CT molecular complexity index is 891. The number of ether oxygens (including phenoxy) is 1. The molecule has 2 aromatic rings. The molecule has 0 aromatic heterocycles. The molecule has 0 saturated carbocycles. The van der Waals surface area contributed by atoms with Gasteiger partial charge in [-0.3, -0.25) is 4.90 Å². The highest BCUT2D eigenvalue weighted by molar-refractivity contribution is 6.30. The third kappa shape index (κ3) is 5.87. The van der Waals surface area contributed by atoms with Crippen molar-refractivity contribution >= 4 is 35.1 Å². The third-order valence-corrected chi connectivity index (χ3v) is 4.69. The van der Waals surface area contributed by atoms with Crippen LogP contribution in [0.5, 0.6) is 0 Å². The van der Waals surface area contributed by atoms with Crippen LogP contribution in [-0.2, 0) is 17.7 Å². The number of fused-ring (bicyclic) bond motifs is 1. The summed E-state index contributed by atoms with van der Waals surface area (Å²) in [7, 11) is 0. The molecular formula is C22H26ClN3O3. The van der Waals surface area contributed by atoms with Crippen LogP contribution >= 0.6 is 11.6 Å². The second-order valence-corrected chi connectivity index (χ2v) is 8.45. The topological polar surface area (TPSA) is 70.7 Å². The lowest BCUT2D eigenvalue weighted by atomic mass is 10.0. The number of urea groups is 1. The molecule has 6 nitrogen and oxygen atoms in total. The zero-order valence-electron chi connectivity index (χ0n) is 16.9. The largest absolute Gasteiger partial charge is 0.443 e. The lowest BCUT2D eigenvalue weighted by Gasteiger charge is -2.32. The first-order chi connectivity index (χ1) is 13.7. The van der Waals surface area contributed by atoms with Crippen molar-refractivity contribution in [3.8, 4) is 0 Å². The van der Waals surface area contributed by atoms with Crippen LogP contribution in [0.2, 0.25) is 5.02 Å². The van der Waals surface area contributed by atoms with Crippen molar-refractivity contribution in [2.24, 2.45) is 0 Å². The maximum absolute atomic E-state index is 12.5. The summed E-state index contributed by atoms with van der Waals surface area (Å²) in [5.41, 5.74) is 2.94. The van der Waals surface area contributed by atoms with Gasteiger partial charge in [0.2, 0.25) is 0 Å². The van der Waals surface area contributed by atoms with Gasteiger partial charge in [0.1, 0.15) is 5.60 Å². The maximum Gasteiger partial charge on any atom is 0.414 e. The molecule has 154 valence electrons. The quantitative estimate of drug-likeness (QED) is 0.709. The van der Waals surface area contributed by atoms with Gasteiger partial charge < -0.3 is 15.4 Å². The van der Waals surface area contributed by atoms with Gasteiger partial charge in [0, 0.05) is 23.8 Å². The highest BCUT2D eigenvalue weighted by Crippen LogP contribution is 2.31. The molecule has 3 rings (SSSR count). The molecule has 0 fully saturated rings. The smallest absolute Gasteiger partial charge is 0.414 e. The number of nitrogens with one attached hydrogen (secondary N) is 2. The van der Waals surface area contributed by atoms with E-state index in [0.29, 0.717) is 23.8 Å². The minimum Gasteiger partial charge on any atom is -0.443 e. The van der Waals surface area contributed by atoms with Gasteiger partial charge in [0.25, 0.3) is 0 Å². The Morgan fingerprint density at radius 1 is 1.14 bits per heavy atom. The summed E-state index contributed by atoms with van der Waals surface area (Å²) < 4.78 is 5.51. The number of amides is 3. The Balaban J connectivity index is 1.63. The summed E-state index contributed by atoms with van der Waals surface area (Å²) >= 11 is 5.87. The minimum absolute atomic E-state index is 0.292. The second-order valence-electron chi connectivity index (χ2n) is 8.01. The fourth-order valence-electron chi connectivity index (χ4n) is 3.14. The van der Waals surface area contributed by atoms with E-state index in [0.717, 1.165) is 29.7 Å². The molecule has 0 bridgehead atoms. The van der Waals surface area contributed by atoms with E-state index in [9.17, 15) is 9.59 Å². The minimum atomic E-state index is -0.543. The first-order valence-corrected chi connectivity index (χ1v) is 10.0. The van der Waals surface area contributed by atoms with Gasteiger partial charge in [-0.05, 0) is 75.1 Å². The summed E-state index contributed by atoms with van der Waals surface area (Å²) in [6.45, 7) is 6.58. The Morgan fingerprint density at radius 2 is 1.86 bits per heavy atom. The van der Waals surface area contributed by atoms with Gasteiger partial charge >= 0.3 is 12.1 Å². The van der Waals surface area contributed by atoms with Gasteiger partial charge in [0.05, 0.1) is 5.69 Å². The van der Waals surface area contributed by atoms with Gasteiger partial charge in [-0.1, -0.05) is 23.7 Å². The maximum atomic E-state index is 12.5. The van der Waals surface area contributed by atoms with E-state index in [1.54, 1.807) is 23.1 Å². The van der Waals surface area contributed by atoms with E-state index >= 15 is 0 Å². The number of carbonyl (C=O) groups excluding carboxylic acids is 2. The number of benzene rings is 2. The molecule has 0 saturated heterocycles. The molecule has 1 heterocycles. The molecule has 0 unspecified atom stereocenters. The lowest BCUT2D eigenvalue weighted by molar-refractivity contribution is 0.0578. The summed E-state index contributed by atoms with van der Waals surface area (Å²) in [6, 6.07) is 12.6. The number of nitrogens with zero attached hydrogens (tertiary/aromatic N) is 1. The van der Waals surface area contributed by atoms with E-state index < -0.39 is 5.60 Å². The average molecular weight is 416 g/mol. The van der Waals surface area contributed by atoms with Crippen LogP contribution in [0.1, 0.15) is 38.3 Å². The summed E-state index contributed by atoms with van der Waals surface area (Å²) in [4.78, 5) is 26.4. The highest BCUT2D eigenvalue weighted by Gasteiger charge is 2.27. The number of anilines is 2. The molecule has 0 radical (unpaired) electrons. The fraction of sp³-hybridized carbons (Fsp3) is 0.364. The molecule has 2 aromatic carbocycles. The SMILES string of the molecule is CC(C)(C)OC(=O)N1CCCc2cc(NC(=O)NCc3ccc(Cl)cc3)ccc21. The van der Waals surface area contributed by atoms with Crippen LogP contribution in [0.3, 0.4) is 0 Å². The van der Waals surface area contributed by atoms with Crippen LogP contribution in [0, 0.1) is 0 Å². The molecule has 1 aliphatic rings. The molecule has 0 aliphatic carbocycles. The predicted molar refractivity (Wildman–Crippen MR) is 116 cm³/mol. The molecular weight excluding hydrogens is 390 g/mol. The third-order valence-electron chi connectivity index (χ3n) is 4.44. The monoisotopic (exact) mass is 415 g/mol. The first kappa shape index (κ1) is 21.0. The Labute approximate surface area is 176 Å². The number of halogens is 1. The van der Waals surface area contributed by atoms with Gasteiger partial charge in [-0.25, -0.2) is 9.59 Å². The van der Waals surface area contributed by atoms with Crippen LogP contribution < -0.4 is 15.5 Å². The average Bonchev–Trinajstić information content (AvgIpc) is 2.65. The molecule has 3 amide bonds. The molecule has 0 spiro atoms. The van der Waals surface area contributed by atoms with E-state index in [1.807, 2.05) is 45.0 Å².